The molecule has 3 nitrogen and oxygen atoms in total. The van der Waals surface area contributed by atoms with Crippen LogP contribution in [0.2, 0.25) is 0 Å². The number of carbonyl (C=O) groups is 1. The van der Waals surface area contributed by atoms with Gasteiger partial charge in [-0.1, -0.05) is 0 Å². The minimum Gasteiger partial charge on any atom is -0.336 e. The molecule has 0 aliphatic rings. The molecule has 0 saturated heterocycles. The van der Waals surface area contributed by atoms with E-state index in [9.17, 15) is 22.4 Å². The van der Waals surface area contributed by atoms with Gasteiger partial charge in [0.2, 0.25) is 0 Å². The minimum atomic E-state index is -1.65. The Morgan fingerprint density at radius 3 is 2.00 bits per heavy atom. The van der Waals surface area contributed by atoms with Crippen molar-refractivity contribution in [2.45, 2.75) is 19.9 Å². The molecule has 0 saturated carbocycles. The number of amides is 2. The SMILES string of the molecule is CC(C)NC(=O)Nc1c(F)c(F)cc(F)c1F. The molecule has 7 heteroatoms. The Kier molecular flexibility index (Phi) is 3.93. The van der Waals surface area contributed by atoms with Gasteiger partial charge in [-0.2, -0.15) is 0 Å². The lowest BCUT2D eigenvalue weighted by molar-refractivity contribution is 0.249. The van der Waals surface area contributed by atoms with Crippen LogP contribution in [-0.2, 0) is 0 Å². The van der Waals surface area contributed by atoms with E-state index in [1.54, 1.807) is 19.2 Å². The number of hydrogen-bond donors (Lipinski definition) is 2. The minimum absolute atomic E-state index is 0.0657. The first-order valence-corrected chi connectivity index (χ1v) is 4.73. The van der Waals surface area contributed by atoms with Gasteiger partial charge in [0.1, 0.15) is 5.69 Å². The van der Waals surface area contributed by atoms with Crippen molar-refractivity contribution in [3.05, 3.63) is 29.3 Å². The van der Waals surface area contributed by atoms with Crippen molar-refractivity contribution in [1.82, 2.24) is 5.32 Å². The third kappa shape index (κ3) is 3.08. The first-order valence-electron chi connectivity index (χ1n) is 4.73. The number of anilines is 1. The van der Waals surface area contributed by atoms with Gasteiger partial charge >= 0.3 is 6.03 Å². The molecular weight excluding hydrogens is 240 g/mol. The molecule has 0 aliphatic heterocycles. The van der Waals surface area contributed by atoms with Gasteiger partial charge in [0.25, 0.3) is 0 Å². The second-order valence-corrected chi connectivity index (χ2v) is 3.60. The summed E-state index contributed by atoms with van der Waals surface area (Å²) in [5, 5.41) is 3.97. The first-order chi connectivity index (χ1) is 7.82. The van der Waals surface area contributed by atoms with E-state index in [0.717, 1.165) is 0 Å². The summed E-state index contributed by atoms with van der Waals surface area (Å²) in [7, 11) is 0. The fraction of sp³-hybridized carbons (Fsp3) is 0.300. The lowest BCUT2D eigenvalue weighted by Crippen LogP contribution is -2.34. The van der Waals surface area contributed by atoms with Crippen LogP contribution in [0.5, 0.6) is 0 Å². The summed E-state index contributed by atoms with van der Waals surface area (Å²) >= 11 is 0. The zero-order valence-electron chi connectivity index (χ0n) is 9.07. The molecule has 0 aromatic heterocycles. The second kappa shape index (κ2) is 5.03. The van der Waals surface area contributed by atoms with Crippen LogP contribution in [0.4, 0.5) is 28.0 Å². The van der Waals surface area contributed by atoms with Gasteiger partial charge in [0, 0.05) is 12.1 Å². The molecule has 0 fully saturated rings. The van der Waals surface area contributed by atoms with E-state index in [4.69, 9.17) is 0 Å². The van der Waals surface area contributed by atoms with Crippen molar-refractivity contribution in [3.8, 4) is 0 Å². The van der Waals surface area contributed by atoms with Crippen LogP contribution in [0.25, 0.3) is 0 Å². The number of benzene rings is 1. The van der Waals surface area contributed by atoms with Crippen LogP contribution in [-0.4, -0.2) is 12.1 Å². The van der Waals surface area contributed by atoms with Crippen molar-refractivity contribution in [3.63, 3.8) is 0 Å². The largest absolute Gasteiger partial charge is 0.336 e. The third-order valence-electron chi connectivity index (χ3n) is 1.77. The summed E-state index contributed by atoms with van der Waals surface area (Å²) in [5.41, 5.74) is -1.15. The highest BCUT2D eigenvalue weighted by atomic mass is 19.2. The maximum absolute atomic E-state index is 13.1. The molecule has 0 unspecified atom stereocenters. The zero-order valence-corrected chi connectivity index (χ0v) is 9.07. The van der Waals surface area contributed by atoms with E-state index in [2.05, 4.69) is 5.32 Å². The van der Waals surface area contributed by atoms with E-state index in [0.29, 0.717) is 0 Å². The molecule has 0 spiro atoms. The van der Waals surface area contributed by atoms with Gasteiger partial charge in [-0.25, -0.2) is 22.4 Å². The van der Waals surface area contributed by atoms with Crippen LogP contribution in [0.1, 0.15) is 13.8 Å². The van der Waals surface area contributed by atoms with Crippen LogP contribution < -0.4 is 10.6 Å². The summed E-state index contributed by atoms with van der Waals surface area (Å²) in [4.78, 5) is 11.1. The molecule has 17 heavy (non-hydrogen) atoms. The van der Waals surface area contributed by atoms with Crippen molar-refractivity contribution in [1.29, 1.82) is 0 Å². The molecule has 1 rings (SSSR count). The molecule has 0 heterocycles. The maximum Gasteiger partial charge on any atom is 0.319 e. The highest BCUT2D eigenvalue weighted by Gasteiger charge is 2.20. The highest BCUT2D eigenvalue weighted by Crippen LogP contribution is 2.23. The standard InChI is InChI=1S/C10H10F4N2O/c1-4(2)15-10(17)16-9-7(13)5(11)3-6(12)8(9)14/h3-4H,1-2H3,(H2,15,16,17). The fourth-order valence-electron chi connectivity index (χ4n) is 1.09. The topological polar surface area (TPSA) is 41.1 Å². The predicted molar refractivity (Wildman–Crippen MR) is 53.6 cm³/mol. The smallest absolute Gasteiger partial charge is 0.319 e. The molecule has 94 valence electrons. The monoisotopic (exact) mass is 250 g/mol. The normalized spacial score (nSPS) is 10.5. The predicted octanol–water partition coefficient (Wildman–Crippen LogP) is 2.77. The molecule has 0 aliphatic carbocycles. The molecular formula is C10H10F4N2O. The molecule has 1 aromatic rings. The first kappa shape index (κ1) is 13.3. The molecule has 2 amide bonds. The summed E-state index contributed by atoms with van der Waals surface area (Å²) in [6.07, 6.45) is 0. The van der Waals surface area contributed by atoms with Crippen LogP contribution in [0.15, 0.2) is 6.07 Å². The van der Waals surface area contributed by atoms with E-state index >= 15 is 0 Å². The summed E-state index contributed by atoms with van der Waals surface area (Å²) in [6, 6.07) is -1.18. The third-order valence-corrected chi connectivity index (χ3v) is 1.77. The number of rotatable bonds is 2. The van der Waals surface area contributed by atoms with Gasteiger partial charge in [-0.15, -0.1) is 0 Å². The summed E-state index contributed by atoms with van der Waals surface area (Å²) < 4.78 is 51.8. The summed E-state index contributed by atoms with van der Waals surface area (Å²) in [6.45, 7) is 3.22. The van der Waals surface area contributed by atoms with E-state index < -0.39 is 35.0 Å². The lowest BCUT2D eigenvalue weighted by Gasteiger charge is -2.11. The Bertz CT molecular complexity index is 422. The van der Waals surface area contributed by atoms with E-state index in [1.165, 1.54) is 0 Å². The van der Waals surface area contributed by atoms with Crippen LogP contribution in [0, 0.1) is 23.3 Å². The number of hydrogen-bond acceptors (Lipinski definition) is 1. The number of urea groups is 1. The Labute approximate surface area is 94.8 Å². The van der Waals surface area contributed by atoms with Crippen LogP contribution >= 0.6 is 0 Å². The molecule has 0 radical (unpaired) electrons. The fourth-order valence-corrected chi connectivity index (χ4v) is 1.09. The molecule has 0 bridgehead atoms. The number of carbonyl (C=O) groups excluding carboxylic acids is 1. The molecule has 0 atom stereocenters. The Hall–Kier alpha value is -1.79. The zero-order chi connectivity index (χ0) is 13.2. The average Bonchev–Trinajstić information content (AvgIpc) is 2.20. The van der Waals surface area contributed by atoms with Gasteiger partial charge in [0.05, 0.1) is 0 Å². The van der Waals surface area contributed by atoms with Crippen molar-refractivity contribution in [2.75, 3.05) is 5.32 Å². The van der Waals surface area contributed by atoms with E-state index in [-0.39, 0.29) is 12.1 Å². The van der Waals surface area contributed by atoms with Crippen molar-refractivity contribution >= 4 is 11.7 Å². The van der Waals surface area contributed by atoms with Crippen molar-refractivity contribution < 1.29 is 22.4 Å². The number of nitrogens with one attached hydrogen (secondary N) is 2. The lowest BCUT2D eigenvalue weighted by atomic mass is 10.2. The van der Waals surface area contributed by atoms with Gasteiger partial charge in [0.15, 0.2) is 23.3 Å². The maximum atomic E-state index is 13.1. The van der Waals surface area contributed by atoms with Gasteiger partial charge in [-0.05, 0) is 13.8 Å². The highest BCUT2D eigenvalue weighted by molar-refractivity contribution is 5.89. The average molecular weight is 250 g/mol. The van der Waals surface area contributed by atoms with Gasteiger partial charge in [-0.3, -0.25) is 0 Å². The molecule has 1 aromatic carbocycles. The Morgan fingerprint density at radius 1 is 1.12 bits per heavy atom. The van der Waals surface area contributed by atoms with Crippen molar-refractivity contribution in [2.24, 2.45) is 0 Å². The molecule has 2 N–H and O–H groups in total. The Morgan fingerprint density at radius 2 is 1.59 bits per heavy atom. The quantitative estimate of drug-likeness (QED) is 0.615. The van der Waals surface area contributed by atoms with Gasteiger partial charge < -0.3 is 10.6 Å². The second-order valence-electron chi connectivity index (χ2n) is 3.60. The van der Waals surface area contributed by atoms with Crippen LogP contribution in [0.3, 0.4) is 0 Å². The Balaban J connectivity index is 3.02. The summed E-state index contributed by atoms with van der Waals surface area (Å²) in [5.74, 6) is -6.46. The van der Waals surface area contributed by atoms with E-state index in [1.807, 2.05) is 0 Å². The number of halogens is 4.